The van der Waals surface area contributed by atoms with Gasteiger partial charge in [0.25, 0.3) is 0 Å². The molecule has 0 spiro atoms. The van der Waals surface area contributed by atoms with Crippen molar-refractivity contribution < 1.29 is 19.3 Å². The molecule has 0 radical (unpaired) electrons. The first-order chi connectivity index (χ1) is 5.77. The minimum Gasteiger partial charge on any atom is -0.364 e. The first kappa shape index (κ1) is 9.92. The van der Waals surface area contributed by atoms with Gasteiger partial charge in [0, 0.05) is 7.11 Å². The van der Waals surface area contributed by atoms with Crippen molar-refractivity contribution in [2.75, 3.05) is 13.7 Å². The van der Waals surface area contributed by atoms with Gasteiger partial charge in [-0.05, 0) is 6.42 Å². The lowest BCUT2D eigenvalue weighted by molar-refractivity contribution is -0.322. The van der Waals surface area contributed by atoms with Crippen molar-refractivity contribution in [3.63, 3.8) is 0 Å². The number of aliphatic hydroxyl groups is 1. The molecule has 1 unspecified atom stereocenters. The number of hydrogen-bond donors (Lipinski definition) is 1. The van der Waals surface area contributed by atoms with Crippen LogP contribution in [-0.2, 0) is 14.2 Å². The van der Waals surface area contributed by atoms with Gasteiger partial charge in [0.15, 0.2) is 0 Å². The molecule has 1 heterocycles. The van der Waals surface area contributed by atoms with E-state index in [1.165, 1.54) is 7.11 Å². The molecule has 1 N–H and O–H groups in total. The van der Waals surface area contributed by atoms with Crippen molar-refractivity contribution in [3.05, 3.63) is 0 Å². The second kappa shape index (κ2) is 4.77. The molecule has 4 heteroatoms. The summed E-state index contributed by atoms with van der Waals surface area (Å²) in [5.41, 5.74) is 0. The summed E-state index contributed by atoms with van der Waals surface area (Å²) in [7, 11) is 1.48. The fraction of sp³-hybridized carbons (Fsp3) is 1.00. The van der Waals surface area contributed by atoms with Crippen molar-refractivity contribution >= 4 is 0 Å². The van der Waals surface area contributed by atoms with E-state index in [0.717, 1.165) is 12.8 Å². The third kappa shape index (κ3) is 2.42. The number of rotatable bonds is 3. The Bertz CT molecular complexity index is 128. The topological polar surface area (TPSA) is 47.9 Å². The second-order valence-corrected chi connectivity index (χ2v) is 2.87. The van der Waals surface area contributed by atoms with Crippen LogP contribution < -0.4 is 0 Å². The molecule has 12 heavy (non-hydrogen) atoms. The molecule has 72 valence electrons. The maximum atomic E-state index is 9.29. The van der Waals surface area contributed by atoms with E-state index in [2.05, 4.69) is 6.92 Å². The Kier molecular flexibility index (Phi) is 3.94. The van der Waals surface area contributed by atoms with Crippen molar-refractivity contribution in [2.24, 2.45) is 0 Å². The van der Waals surface area contributed by atoms with Gasteiger partial charge in [-0.3, -0.25) is 0 Å². The number of ether oxygens (including phenoxy) is 3. The Morgan fingerprint density at radius 3 is 2.83 bits per heavy atom. The zero-order valence-electron chi connectivity index (χ0n) is 7.53. The third-order valence-corrected chi connectivity index (χ3v) is 1.85. The predicted octanol–water partition coefficient (Wildman–Crippen LogP) is 0.493. The van der Waals surface area contributed by atoms with Gasteiger partial charge in [0.05, 0.1) is 12.7 Å². The van der Waals surface area contributed by atoms with Gasteiger partial charge >= 0.3 is 0 Å². The van der Waals surface area contributed by atoms with Gasteiger partial charge < -0.3 is 19.3 Å². The van der Waals surface area contributed by atoms with Crippen molar-refractivity contribution in [1.82, 2.24) is 0 Å². The zero-order valence-corrected chi connectivity index (χ0v) is 7.53. The maximum absolute atomic E-state index is 9.29. The fourth-order valence-corrected chi connectivity index (χ4v) is 1.24. The SMILES string of the molecule is CCC[C@H]1CO[C@H](OC)C(O)O1. The molecule has 1 fully saturated rings. The molecule has 1 aliphatic heterocycles. The van der Waals surface area contributed by atoms with Crippen LogP contribution in [0.4, 0.5) is 0 Å². The summed E-state index contributed by atoms with van der Waals surface area (Å²) in [5.74, 6) is 0. The summed E-state index contributed by atoms with van der Waals surface area (Å²) in [6.45, 7) is 2.57. The van der Waals surface area contributed by atoms with Crippen LogP contribution in [0.1, 0.15) is 19.8 Å². The molecule has 0 amide bonds. The van der Waals surface area contributed by atoms with Gasteiger partial charge in [0.1, 0.15) is 0 Å². The summed E-state index contributed by atoms with van der Waals surface area (Å²) < 4.78 is 15.3. The Morgan fingerprint density at radius 2 is 2.33 bits per heavy atom. The van der Waals surface area contributed by atoms with Crippen molar-refractivity contribution in [1.29, 1.82) is 0 Å². The molecule has 1 aliphatic rings. The highest BCUT2D eigenvalue weighted by atomic mass is 16.8. The van der Waals surface area contributed by atoms with Gasteiger partial charge in [-0.1, -0.05) is 13.3 Å². The van der Waals surface area contributed by atoms with Gasteiger partial charge in [-0.2, -0.15) is 0 Å². The normalized spacial score (nSPS) is 36.8. The predicted molar refractivity (Wildman–Crippen MR) is 42.5 cm³/mol. The minimum absolute atomic E-state index is 0.0106. The molecule has 3 atom stereocenters. The first-order valence-corrected chi connectivity index (χ1v) is 4.25. The lowest BCUT2D eigenvalue weighted by Crippen LogP contribution is -2.44. The quantitative estimate of drug-likeness (QED) is 0.680. The van der Waals surface area contributed by atoms with E-state index in [0.29, 0.717) is 6.61 Å². The van der Waals surface area contributed by atoms with Crippen LogP contribution in [0.15, 0.2) is 0 Å². The number of hydrogen-bond acceptors (Lipinski definition) is 4. The van der Waals surface area contributed by atoms with Crippen LogP contribution >= 0.6 is 0 Å². The second-order valence-electron chi connectivity index (χ2n) is 2.87. The average Bonchev–Trinajstić information content (AvgIpc) is 2.05. The molecule has 0 bridgehead atoms. The molecule has 0 aromatic heterocycles. The van der Waals surface area contributed by atoms with E-state index in [4.69, 9.17) is 14.2 Å². The standard InChI is InChI=1S/C8H16O4/c1-3-4-6-5-11-8(10-2)7(9)12-6/h6-9H,3-5H2,1-2H3/t6-,7?,8-/m0/s1. The smallest absolute Gasteiger partial charge is 0.209 e. The summed E-state index contributed by atoms with van der Waals surface area (Å²) in [4.78, 5) is 0. The largest absolute Gasteiger partial charge is 0.364 e. The van der Waals surface area contributed by atoms with Gasteiger partial charge in [0.2, 0.25) is 12.6 Å². The lowest BCUT2D eigenvalue weighted by Gasteiger charge is -2.32. The van der Waals surface area contributed by atoms with Crippen LogP contribution in [0.5, 0.6) is 0 Å². The minimum atomic E-state index is -0.944. The summed E-state index contributed by atoms with van der Waals surface area (Å²) in [6, 6.07) is 0. The van der Waals surface area contributed by atoms with Crippen LogP contribution in [0.25, 0.3) is 0 Å². The Labute approximate surface area is 72.4 Å². The molecule has 0 aromatic carbocycles. The summed E-state index contributed by atoms with van der Waals surface area (Å²) >= 11 is 0. The van der Waals surface area contributed by atoms with E-state index < -0.39 is 12.6 Å². The van der Waals surface area contributed by atoms with Crippen LogP contribution in [0, 0.1) is 0 Å². The van der Waals surface area contributed by atoms with Crippen molar-refractivity contribution in [2.45, 2.75) is 38.4 Å². The molecule has 0 saturated carbocycles. The monoisotopic (exact) mass is 176 g/mol. The van der Waals surface area contributed by atoms with Gasteiger partial charge in [-0.25, -0.2) is 0 Å². The number of aliphatic hydroxyl groups excluding tert-OH is 1. The highest BCUT2D eigenvalue weighted by molar-refractivity contribution is 4.64. The van der Waals surface area contributed by atoms with Gasteiger partial charge in [-0.15, -0.1) is 0 Å². The van der Waals surface area contributed by atoms with Crippen LogP contribution in [0.2, 0.25) is 0 Å². The zero-order chi connectivity index (χ0) is 8.97. The van der Waals surface area contributed by atoms with E-state index in [9.17, 15) is 5.11 Å². The Balaban J connectivity index is 2.30. The maximum Gasteiger partial charge on any atom is 0.209 e. The molecule has 1 rings (SSSR count). The lowest BCUT2D eigenvalue weighted by atomic mass is 10.2. The highest BCUT2D eigenvalue weighted by Gasteiger charge is 2.29. The van der Waals surface area contributed by atoms with Crippen molar-refractivity contribution in [3.8, 4) is 0 Å². The van der Waals surface area contributed by atoms with E-state index in [-0.39, 0.29) is 6.10 Å². The van der Waals surface area contributed by atoms with Crippen LogP contribution in [0.3, 0.4) is 0 Å². The van der Waals surface area contributed by atoms with E-state index in [1.807, 2.05) is 0 Å². The number of methoxy groups -OCH3 is 1. The molecule has 1 saturated heterocycles. The Hall–Kier alpha value is -0.160. The van der Waals surface area contributed by atoms with E-state index >= 15 is 0 Å². The molecular formula is C8H16O4. The highest BCUT2D eigenvalue weighted by Crippen LogP contribution is 2.16. The third-order valence-electron chi connectivity index (χ3n) is 1.85. The summed E-state index contributed by atoms with van der Waals surface area (Å²) in [5, 5.41) is 9.29. The molecule has 0 aromatic rings. The first-order valence-electron chi connectivity index (χ1n) is 4.25. The summed E-state index contributed by atoms with van der Waals surface area (Å²) in [6.07, 6.45) is 0.376. The molecule has 4 nitrogen and oxygen atoms in total. The van der Waals surface area contributed by atoms with Crippen LogP contribution in [-0.4, -0.2) is 37.5 Å². The average molecular weight is 176 g/mol. The molecule has 0 aliphatic carbocycles. The molecular weight excluding hydrogens is 160 g/mol. The fourth-order valence-electron chi connectivity index (χ4n) is 1.24. The Morgan fingerprint density at radius 1 is 1.58 bits per heavy atom. The van der Waals surface area contributed by atoms with E-state index in [1.54, 1.807) is 0 Å².